The molecule has 1 unspecified atom stereocenters. The molecule has 2 aliphatic heterocycles. The quantitative estimate of drug-likeness (QED) is 0.818. The Kier molecular flexibility index (Phi) is 5.94. The van der Waals surface area contributed by atoms with Gasteiger partial charge in [0.25, 0.3) is 5.91 Å². The van der Waals surface area contributed by atoms with E-state index in [1.54, 1.807) is 4.90 Å². The number of nitrogens with two attached hydrogens (primary N) is 1. The van der Waals surface area contributed by atoms with Crippen molar-refractivity contribution in [3.63, 3.8) is 0 Å². The number of hydrogen-bond acceptors (Lipinski definition) is 4. The first kappa shape index (κ1) is 18.9. The van der Waals surface area contributed by atoms with Crippen LogP contribution in [-0.4, -0.2) is 64.0 Å². The maximum Gasteiger partial charge on any atom is 0.253 e. The zero-order valence-corrected chi connectivity index (χ0v) is 15.4. The second-order valence-corrected chi connectivity index (χ2v) is 7.51. The highest BCUT2D eigenvalue weighted by molar-refractivity contribution is 5.90. The lowest BCUT2D eigenvalue weighted by molar-refractivity contribution is -0.149. The molecule has 0 radical (unpaired) electrons. The molecule has 0 spiro atoms. The minimum Gasteiger partial charge on any atom is -0.382 e. The van der Waals surface area contributed by atoms with Crippen LogP contribution >= 0.6 is 0 Å². The van der Waals surface area contributed by atoms with E-state index < -0.39 is 24.1 Å². The predicted molar refractivity (Wildman–Crippen MR) is 99.3 cm³/mol. The number of carbonyl (C=O) groups is 2. The molecule has 0 bridgehead atoms. The Bertz CT molecular complexity index is 636. The fourth-order valence-electron chi connectivity index (χ4n) is 4.09. The molecule has 6 nitrogen and oxygen atoms in total. The van der Waals surface area contributed by atoms with Crippen molar-refractivity contribution >= 4 is 11.8 Å². The summed E-state index contributed by atoms with van der Waals surface area (Å²) in [6, 6.07) is 8.66. The van der Waals surface area contributed by atoms with E-state index in [4.69, 9.17) is 5.73 Å². The highest BCUT2D eigenvalue weighted by Crippen LogP contribution is 2.25. The Morgan fingerprint density at radius 1 is 1.15 bits per heavy atom. The molecule has 0 saturated carbocycles. The average Bonchev–Trinajstić information content (AvgIpc) is 3.29. The van der Waals surface area contributed by atoms with Gasteiger partial charge in [0, 0.05) is 25.2 Å². The summed E-state index contributed by atoms with van der Waals surface area (Å²) in [4.78, 5) is 29.1. The van der Waals surface area contributed by atoms with Gasteiger partial charge >= 0.3 is 0 Å². The first-order valence-corrected chi connectivity index (χ1v) is 9.57. The van der Waals surface area contributed by atoms with E-state index in [-0.39, 0.29) is 11.9 Å². The van der Waals surface area contributed by atoms with E-state index in [1.807, 2.05) is 35.2 Å². The van der Waals surface area contributed by atoms with Gasteiger partial charge in [0.05, 0.1) is 0 Å². The lowest BCUT2D eigenvalue weighted by Gasteiger charge is -2.32. The van der Waals surface area contributed by atoms with Crippen molar-refractivity contribution < 1.29 is 14.7 Å². The van der Waals surface area contributed by atoms with Gasteiger partial charge in [-0.2, -0.15) is 0 Å². The summed E-state index contributed by atoms with van der Waals surface area (Å²) >= 11 is 0. The SMILES string of the molecule is CC1CCCN1C(=O)[C@@H]1CCCN1C(=O)[C@@H](O)[C@H](N)Cc1ccccc1. The van der Waals surface area contributed by atoms with E-state index in [2.05, 4.69) is 6.92 Å². The molecule has 2 saturated heterocycles. The number of benzene rings is 1. The molecule has 2 fully saturated rings. The Balaban J connectivity index is 1.64. The number of hydrogen-bond donors (Lipinski definition) is 2. The summed E-state index contributed by atoms with van der Waals surface area (Å²) in [5, 5.41) is 10.5. The van der Waals surface area contributed by atoms with Crippen molar-refractivity contribution in [1.82, 2.24) is 9.80 Å². The van der Waals surface area contributed by atoms with Gasteiger partial charge < -0.3 is 20.6 Å². The maximum atomic E-state index is 12.9. The molecule has 3 rings (SSSR count). The summed E-state index contributed by atoms with van der Waals surface area (Å²) in [6.45, 7) is 3.32. The number of carbonyl (C=O) groups excluding carboxylic acids is 2. The Labute approximate surface area is 155 Å². The van der Waals surface area contributed by atoms with Crippen LogP contribution in [0.2, 0.25) is 0 Å². The van der Waals surface area contributed by atoms with Gasteiger partial charge in [-0.05, 0) is 44.6 Å². The monoisotopic (exact) mass is 359 g/mol. The molecule has 2 amide bonds. The van der Waals surface area contributed by atoms with Crippen molar-refractivity contribution in [3.05, 3.63) is 35.9 Å². The standard InChI is InChI=1S/C20H29N3O3/c1-14-7-5-11-22(14)19(25)17-10-6-12-23(17)20(26)18(24)16(21)13-15-8-3-2-4-9-15/h2-4,8-9,14,16-18,24H,5-7,10-13,21H2,1H3/t14?,16-,17+,18+/m1/s1. The van der Waals surface area contributed by atoms with Crippen LogP contribution in [0.25, 0.3) is 0 Å². The van der Waals surface area contributed by atoms with Gasteiger partial charge in [-0.3, -0.25) is 9.59 Å². The summed E-state index contributed by atoms with van der Waals surface area (Å²) < 4.78 is 0. The summed E-state index contributed by atoms with van der Waals surface area (Å²) in [6.07, 6.45) is 2.59. The number of likely N-dealkylation sites (tertiary alicyclic amines) is 2. The molecule has 1 aromatic carbocycles. The third-order valence-electron chi connectivity index (χ3n) is 5.63. The second-order valence-electron chi connectivity index (χ2n) is 7.51. The van der Waals surface area contributed by atoms with Crippen LogP contribution in [0.5, 0.6) is 0 Å². The van der Waals surface area contributed by atoms with Crippen LogP contribution in [0.15, 0.2) is 30.3 Å². The van der Waals surface area contributed by atoms with E-state index in [0.29, 0.717) is 19.4 Å². The lowest BCUT2D eigenvalue weighted by atomic mass is 10.0. The molecule has 0 aromatic heterocycles. The number of rotatable bonds is 5. The van der Waals surface area contributed by atoms with Crippen molar-refractivity contribution in [2.75, 3.05) is 13.1 Å². The van der Waals surface area contributed by atoms with E-state index in [1.165, 1.54) is 0 Å². The Morgan fingerprint density at radius 3 is 2.46 bits per heavy atom. The highest BCUT2D eigenvalue weighted by atomic mass is 16.3. The summed E-state index contributed by atoms with van der Waals surface area (Å²) in [5.41, 5.74) is 7.07. The van der Waals surface area contributed by atoms with Gasteiger partial charge in [0.1, 0.15) is 12.1 Å². The molecular formula is C20H29N3O3. The smallest absolute Gasteiger partial charge is 0.253 e. The second kappa shape index (κ2) is 8.18. The van der Waals surface area contributed by atoms with Crippen LogP contribution in [0.3, 0.4) is 0 Å². The molecule has 3 N–H and O–H groups in total. The normalized spacial score (nSPS) is 25.3. The Hall–Kier alpha value is -1.92. The van der Waals surface area contributed by atoms with Gasteiger partial charge in [-0.25, -0.2) is 0 Å². The molecule has 142 valence electrons. The van der Waals surface area contributed by atoms with Gasteiger partial charge in [-0.15, -0.1) is 0 Å². The molecule has 4 atom stereocenters. The van der Waals surface area contributed by atoms with E-state index in [0.717, 1.165) is 31.4 Å². The number of aliphatic hydroxyl groups is 1. The molecular weight excluding hydrogens is 330 g/mol. The largest absolute Gasteiger partial charge is 0.382 e. The van der Waals surface area contributed by atoms with Crippen LogP contribution < -0.4 is 5.73 Å². The van der Waals surface area contributed by atoms with Gasteiger partial charge in [-0.1, -0.05) is 30.3 Å². The number of nitrogens with zero attached hydrogens (tertiary/aromatic N) is 2. The van der Waals surface area contributed by atoms with Crippen molar-refractivity contribution in [3.8, 4) is 0 Å². The summed E-state index contributed by atoms with van der Waals surface area (Å²) in [7, 11) is 0. The van der Waals surface area contributed by atoms with Crippen LogP contribution in [0.4, 0.5) is 0 Å². The highest BCUT2D eigenvalue weighted by Gasteiger charge is 2.41. The van der Waals surface area contributed by atoms with Crippen molar-refractivity contribution in [2.24, 2.45) is 5.73 Å². The van der Waals surface area contributed by atoms with E-state index in [9.17, 15) is 14.7 Å². The van der Waals surface area contributed by atoms with Crippen LogP contribution in [0, 0.1) is 0 Å². The Morgan fingerprint density at radius 2 is 1.81 bits per heavy atom. The summed E-state index contributed by atoms with van der Waals surface area (Å²) in [5.74, 6) is -0.402. The molecule has 1 aromatic rings. The van der Waals surface area contributed by atoms with Crippen molar-refractivity contribution in [1.29, 1.82) is 0 Å². The van der Waals surface area contributed by atoms with Gasteiger partial charge in [0.2, 0.25) is 5.91 Å². The molecule has 2 aliphatic rings. The maximum absolute atomic E-state index is 12.9. The van der Waals surface area contributed by atoms with Crippen LogP contribution in [-0.2, 0) is 16.0 Å². The third-order valence-corrected chi connectivity index (χ3v) is 5.63. The topological polar surface area (TPSA) is 86.9 Å². The average molecular weight is 359 g/mol. The number of amides is 2. The molecule has 2 heterocycles. The van der Waals surface area contributed by atoms with Gasteiger partial charge in [0.15, 0.2) is 0 Å². The fraction of sp³-hybridized carbons (Fsp3) is 0.600. The minimum atomic E-state index is -1.29. The fourth-order valence-corrected chi connectivity index (χ4v) is 4.09. The predicted octanol–water partition coefficient (Wildman–Crippen LogP) is 0.919. The molecule has 26 heavy (non-hydrogen) atoms. The van der Waals surface area contributed by atoms with Crippen LogP contribution in [0.1, 0.15) is 38.2 Å². The third kappa shape index (κ3) is 3.91. The zero-order valence-electron chi connectivity index (χ0n) is 15.4. The zero-order chi connectivity index (χ0) is 18.7. The molecule has 0 aliphatic carbocycles. The minimum absolute atomic E-state index is 0.0182. The number of aliphatic hydroxyl groups excluding tert-OH is 1. The van der Waals surface area contributed by atoms with Crippen molar-refractivity contribution in [2.45, 2.75) is 63.3 Å². The molecule has 6 heteroatoms. The first-order chi connectivity index (χ1) is 12.5. The van der Waals surface area contributed by atoms with E-state index >= 15 is 0 Å². The lowest BCUT2D eigenvalue weighted by Crippen LogP contribution is -2.54. The first-order valence-electron chi connectivity index (χ1n) is 9.57.